The number of carbonyl (C=O) groups is 1. The number of rotatable bonds is 4. The number of aromatic nitrogens is 3. The van der Waals surface area contributed by atoms with Crippen molar-refractivity contribution in [3.63, 3.8) is 0 Å². The second-order valence-electron chi connectivity index (χ2n) is 9.33. The summed E-state index contributed by atoms with van der Waals surface area (Å²) in [7, 11) is 0. The minimum absolute atomic E-state index is 0.0876. The van der Waals surface area contributed by atoms with Gasteiger partial charge in [0.25, 0.3) is 5.56 Å². The molecule has 0 unspecified atom stereocenters. The van der Waals surface area contributed by atoms with Crippen LogP contribution in [0.5, 0.6) is 11.5 Å². The Hall–Kier alpha value is -4.44. The highest BCUT2D eigenvalue weighted by Crippen LogP contribution is 2.43. The molecule has 2 N–H and O–H groups in total. The highest BCUT2D eigenvalue weighted by atomic mass is 16.7. The van der Waals surface area contributed by atoms with Crippen LogP contribution in [0.15, 0.2) is 47.5 Å². The van der Waals surface area contributed by atoms with Gasteiger partial charge in [0.1, 0.15) is 6.61 Å². The van der Waals surface area contributed by atoms with Crippen LogP contribution in [0, 0.1) is 0 Å². The average molecular weight is 498 g/mol. The fourth-order valence-corrected chi connectivity index (χ4v) is 5.41. The van der Waals surface area contributed by atoms with Crippen LogP contribution in [-0.4, -0.2) is 32.4 Å². The lowest BCUT2D eigenvalue weighted by molar-refractivity contribution is -0.172. The van der Waals surface area contributed by atoms with Crippen LogP contribution in [0.1, 0.15) is 35.6 Å². The Morgan fingerprint density at radius 2 is 1.86 bits per heavy atom. The van der Waals surface area contributed by atoms with E-state index in [1.54, 1.807) is 30.0 Å². The third-order valence-corrected chi connectivity index (χ3v) is 7.45. The number of esters is 1. The Bertz CT molecular complexity index is 1680. The van der Waals surface area contributed by atoms with E-state index in [0.29, 0.717) is 52.6 Å². The maximum Gasteiger partial charge on any atom is 0.343 e. The van der Waals surface area contributed by atoms with Gasteiger partial charge in [0.05, 0.1) is 29.0 Å². The standard InChI is InChI=1S/C27H22N4O6/c1-2-27(34)19-8-21-24-17(11-31(21)25(32)18(19)12-35-26(27)33)16(10-29-14-3-5-28-6-4-14)15-7-22-23(37-13-36-22)9-20(15)30-24/h3-9,34H,2,10-13H2,1H3,(H,28,29)/t27-/m0/s1. The summed E-state index contributed by atoms with van der Waals surface area (Å²) in [5, 5.41) is 15.5. The molecular weight excluding hydrogens is 476 g/mol. The van der Waals surface area contributed by atoms with Gasteiger partial charge in [0, 0.05) is 47.2 Å². The van der Waals surface area contributed by atoms with Crippen LogP contribution in [0.3, 0.4) is 0 Å². The van der Waals surface area contributed by atoms with Gasteiger partial charge >= 0.3 is 5.97 Å². The van der Waals surface area contributed by atoms with Crippen molar-refractivity contribution >= 4 is 22.6 Å². The lowest BCUT2D eigenvalue weighted by Crippen LogP contribution is -2.44. The van der Waals surface area contributed by atoms with Crippen LogP contribution in [0.25, 0.3) is 22.3 Å². The largest absolute Gasteiger partial charge is 0.458 e. The maximum absolute atomic E-state index is 13.6. The fourth-order valence-electron chi connectivity index (χ4n) is 5.41. The SMILES string of the molecule is CC[C@@]1(O)C(=O)OCc2c1cc1n(c2=O)Cc2c-1nc1cc3c(cc1c2CNc1ccncc1)OCO3. The van der Waals surface area contributed by atoms with Crippen LogP contribution < -0.4 is 20.3 Å². The quantitative estimate of drug-likeness (QED) is 0.360. The number of pyridine rings is 3. The monoisotopic (exact) mass is 498 g/mol. The number of aliphatic hydroxyl groups is 1. The van der Waals surface area contributed by atoms with E-state index < -0.39 is 11.6 Å². The van der Waals surface area contributed by atoms with E-state index in [9.17, 15) is 14.7 Å². The lowest BCUT2D eigenvalue weighted by Gasteiger charge is -2.31. The van der Waals surface area contributed by atoms with Crippen LogP contribution in [0.2, 0.25) is 0 Å². The Labute approximate surface area is 210 Å². The molecule has 3 aliphatic rings. The fraction of sp³-hybridized carbons (Fsp3) is 0.259. The summed E-state index contributed by atoms with van der Waals surface area (Å²) in [6.07, 6.45) is 3.52. The first-order valence-corrected chi connectivity index (χ1v) is 12.0. The molecule has 0 saturated heterocycles. The van der Waals surface area contributed by atoms with Crippen LogP contribution in [-0.2, 0) is 34.8 Å². The molecule has 0 fully saturated rings. The first-order chi connectivity index (χ1) is 18.0. The van der Waals surface area contributed by atoms with E-state index in [0.717, 1.165) is 22.2 Å². The van der Waals surface area contributed by atoms with Gasteiger partial charge < -0.3 is 29.2 Å². The number of benzene rings is 1. The topological polar surface area (TPSA) is 125 Å². The van der Waals surface area contributed by atoms with Gasteiger partial charge in [-0.25, -0.2) is 9.78 Å². The molecule has 10 heteroatoms. The summed E-state index contributed by atoms with van der Waals surface area (Å²) in [4.78, 5) is 35.1. The summed E-state index contributed by atoms with van der Waals surface area (Å²) in [6, 6.07) is 9.25. The minimum atomic E-state index is -1.88. The lowest BCUT2D eigenvalue weighted by atomic mass is 9.86. The number of cyclic esters (lactones) is 1. The molecule has 10 nitrogen and oxygen atoms in total. The second kappa shape index (κ2) is 7.78. The number of nitrogens with one attached hydrogen (secondary N) is 1. The molecule has 0 aliphatic carbocycles. The molecule has 3 aliphatic heterocycles. The molecular formula is C27H22N4O6. The van der Waals surface area contributed by atoms with E-state index in [4.69, 9.17) is 19.2 Å². The van der Waals surface area contributed by atoms with Crippen molar-refractivity contribution in [1.82, 2.24) is 14.5 Å². The Morgan fingerprint density at radius 1 is 1.08 bits per heavy atom. The summed E-state index contributed by atoms with van der Waals surface area (Å²) in [5.74, 6) is 0.509. The molecule has 1 atom stereocenters. The smallest absolute Gasteiger partial charge is 0.343 e. The van der Waals surface area contributed by atoms with E-state index in [2.05, 4.69) is 10.3 Å². The van der Waals surface area contributed by atoms with Crippen molar-refractivity contribution in [3.8, 4) is 22.9 Å². The normalized spacial score (nSPS) is 18.8. The molecule has 1 aromatic carbocycles. The van der Waals surface area contributed by atoms with Crippen molar-refractivity contribution in [2.24, 2.45) is 0 Å². The summed E-state index contributed by atoms with van der Waals surface area (Å²) in [5.41, 5.74) is 3.06. The van der Waals surface area contributed by atoms with Crippen molar-refractivity contribution < 1.29 is 24.1 Å². The van der Waals surface area contributed by atoms with Gasteiger partial charge in [0.15, 0.2) is 17.1 Å². The zero-order chi connectivity index (χ0) is 25.3. The van der Waals surface area contributed by atoms with Crippen molar-refractivity contribution in [3.05, 3.63) is 75.3 Å². The van der Waals surface area contributed by atoms with Crippen molar-refractivity contribution in [2.75, 3.05) is 12.1 Å². The Balaban J connectivity index is 1.45. The maximum atomic E-state index is 13.6. The predicted octanol–water partition coefficient (Wildman–Crippen LogP) is 2.82. The van der Waals surface area contributed by atoms with Gasteiger partial charge in [-0.3, -0.25) is 9.78 Å². The van der Waals surface area contributed by atoms with E-state index >= 15 is 0 Å². The summed E-state index contributed by atoms with van der Waals surface area (Å²) >= 11 is 0. The number of nitrogens with zero attached hydrogens (tertiary/aromatic N) is 3. The zero-order valence-corrected chi connectivity index (χ0v) is 19.9. The van der Waals surface area contributed by atoms with Gasteiger partial charge in [-0.05, 0) is 36.2 Å². The van der Waals surface area contributed by atoms with Gasteiger partial charge in [0.2, 0.25) is 6.79 Å². The molecule has 0 bridgehead atoms. The first-order valence-electron chi connectivity index (χ1n) is 12.0. The molecule has 4 aromatic rings. The number of hydrogen-bond donors (Lipinski definition) is 2. The van der Waals surface area contributed by atoms with Crippen LogP contribution >= 0.6 is 0 Å². The zero-order valence-electron chi connectivity index (χ0n) is 19.9. The minimum Gasteiger partial charge on any atom is -0.458 e. The third kappa shape index (κ3) is 3.08. The van der Waals surface area contributed by atoms with Crippen molar-refractivity contribution in [2.45, 2.75) is 38.6 Å². The molecule has 0 amide bonds. The second-order valence-corrected chi connectivity index (χ2v) is 9.33. The highest BCUT2D eigenvalue weighted by molar-refractivity contribution is 5.91. The predicted molar refractivity (Wildman–Crippen MR) is 132 cm³/mol. The molecule has 186 valence electrons. The molecule has 6 heterocycles. The van der Waals surface area contributed by atoms with Crippen molar-refractivity contribution in [1.29, 1.82) is 0 Å². The Morgan fingerprint density at radius 3 is 2.65 bits per heavy atom. The Kier molecular flexibility index (Phi) is 4.58. The van der Waals surface area contributed by atoms with E-state index in [1.807, 2.05) is 24.3 Å². The first kappa shape index (κ1) is 21.8. The number of anilines is 1. The van der Waals surface area contributed by atoms with Gasteiger partial charge in [-0.15, -0.1) is 0 Å². The number of carbonyl (C=O) groups excluding carboxylic acids is 1. The molecule has 37 heavy (non-hydrogen) atoms. The molecule has 3 aromatic heterocycles. The number of ether oxygens (including phenoxy) is 3. The van der Waals surface area contributed by atoms with Gasteiger partial charge in [-0.1, -0.05) is 6.92 Å². The molecule has 7 rings (SSSR count). The molecule has 0 saturated carbocycles. The number of hydrogen-bond acceptors (Lipinski definition) is 9. The third-order valence-electron chi connectivity index (χ3n) is 7.45. The summed E-state index contributed by atoms with van der Waals surface area (Å²) in [6.45, 7) is 2.44. The molecule has 0 radical (unpaired) electrons. The average Bonchev–Trinajstić information content (AvgIpc) is 3.53. The number of fused-ring (bicyclic) bond motifs is 6. The van der Waals surface area contributed by atoms with Gasteiger partial charge in [-0.2, -0.15) is 0 Å². The van der Waals surface area contributed by atoms with E-state index in [1.165, 1.54) is 0 Å². The summed E-state index contributed by atoms with van der Waals surface area (Å²) < 4.78 is 18.0. The van der Waals surface area contributed by atoms with E-state index in [-0.39, 0.29) is 25.4 Å². The molecule has 0 spiro atoms. The highest BCUT2D eigenvalue weighted by Gasteiger charge is 2.45. The van der Waals surface area contributed by atoms with Crippen LogP contribution in [0.4, 0.5) is 5.69 Å².